The zero-order chi connectivity index (χ0) is 16.4. The van der Waals surface area contributed by atoms with Gasteiger partial charge in [-0.05, 0) is 26.0 Å². The highest BCUT2D eigenvalue weighted by Crippen LogP contribution is 2.17. The van der Waals surface area contributed by atoms with Crippen molar-refractivity contribution >= 4 is 23.6 Å². The molecule has 2 N–H and O–H groups in total. The van der Waals surface area contributed by atoms with Crippen LogP contribution in [-0.4, -0.2) is 24.2 Å². The average Bonchev–Trinajstić information content (AvgIpc) is 2.51. The van der Waals surface area contributed by atoms with E-state index in [-0.39, 0.29) is 23.8 Å². The maximum absolute atomic E-state index is 11.6. The van der Waals surface area contributed by atoms with Gasteiger partial charge >= 0.3 is 5.97 Å². The lowest BCUT2D eigenvalue weighted by Gasteiger charge is -2.05. The van der Waals surface area contributed by atoms with E-state index in [2.05, 4.69) is 15.6 Å². The number of ether oxygens (including phenoxy) is 1. The molecular weight excluding hydrogens is 302 g/mol. The van der Waals surface area contributed by atoms with Crippen molar-refractivity contribution in [2.24, 2.45) is 0 Å². The summed E-state index contributed by atoms with van der Waals surface area (Å²) >= 11 is 1.39. The molecule has 0 atom stereocenters. The Labute approximate surface area is 133 Å². The molecule has 7 heteroatoms. The molecule has 0 aliphatic carbocycles. The first-order valence-corrected chi connectivity index (χ1v) is 7.56. The third-order valence-electron chi connectivity index (χ3n) is 2.43. The Morgan fingerprint density at radius 1 is 1.36 bits per heavy atom. The maximum atomic E-state index is 11.6. The molecule has 0 aliphatic rings. The molecule has 22 heavy (non-hydrogen) atoms. The van der Waals surface area contributed by atoms with Gasteiger partial charge in [0, 0.05) is 11.1 Å². The van der Waals surface area contributed by atoms with Gasteiger partial charge < -0.3 is 10.2 Å². The molecule has 0 saturated carbocycles. The van der Waals surface area contributed by atoms with E-state index < -0.39 is 5.97 Å². The molecule has 1 aromatic rings. The van der Waals surface area contributed by atoms with Crippen LogP contribution in [0.15, 0.2) is 40.9 Å². The monoisotopic (exact) mass is 319 g/mol. The van der Waals surface area contributed by atoms with Gasteiger partial charge in [0.25, 0.3) is 0 Å². The zero-order valence-electron chi connectivity index (χ0n) is 12.4. The third-order valence-corrected chi connectivity index (χ3v) is 3.45. The van der Waals surface area contributed by atoms with E-state index >= 15 is 0 Å². The van der Waals surface area contributed by atoms with Crippen LogP contribution in [0.25, 0.3) is 0 Å². The van der Waals surface area contributed by atoms with Gasteiger partial charge in [-0.15, -0.1) is 11.8 Å². The van der Waals surface area contributed by atoms with Gasteiger partial charge in [0.05, 0.1) is 12.4 Å². The summed E-state index contributed by atoms with van der Waals surface area (Å²) in [7, 11) is 0. The number of rotatable bonds is 7. The number of hydrogen-bond acceptors (Lipinski definition) is 6. The van der Waals surface area contributed by atoms with Crippen molar-refractivity contribution in [1.29, 1.82) is 5.26 Å². The Kier molecular flexibility index (Phi) is 7.57. The molecule has 0 aromatic heterocycles. The fourth-order valence-corrected chi connectivity index (χ4v) is 2.05. The van der Waals surface area contributed by atoms with Crippen molar-refractivity contribution in [2.45, 2.75) is 18.7 Å². The molecule has 0 aliphatic heterocycles. The van der Waals surface area contributed by atoms with Crippen molar-refractivity contribution in [3.63, 3.8) is 0 Å². The maximum Gasteiger partial charge on any atom is 0.350 e. The molecule has 0 radical (unpaired) electrons. The fourth-order valence-electron chi connectivity index (χ4n) is 1.35. The van der Waals surface area contributed by atoms with Crippen molar-refractivity contribution < 1.29 is 14.3 Å². The number of esters is 1. The minimum Gasteiger partial charge on any atom is -0.462 e. The number of carbonyl (C=O) groups excluding carboxylic acids is 2. The molecule has 0 unspecified atom stereocenters. The summed E-state index contributed by atoms with van der Waals surface area (Å²) in [5.74, 6) is -0.797. The molecule has 0 saturated heterocycles. The second-order valence-corrected chi connectivity index (χ2v) is 5.23. The Morgan fingerprint density at radius 3 is 2.64 bits per heavy atom. The van der Waals surface area contributed by atoms with Gasteiger partial charge in [0.2, 0.25) is 5.91 Å². The number of carbonyl (C=O) groups is 2. The molecule has 116 valence electrons. The second kappa shape index (κ2) is 9.47. The first-order chi connectivity index (χ1) is 10.6. The number of aryl methyl sites for hydroxylation is 1. The van der Waals surface area contributed by atoms with Crippen molar-refractivity contribution in [3.8, 4) is 6.07 Å². The normalized spacial score (nSPS) is 10.5. The van der Waals surface area contributed by atoms with Gasteiger partial charge in [-0.3, -0.25) is 10.2 Å². The number of amides is 1. The highest BCUT2D eigenvalue weighted by atomic mass is 32.2. The minimum atomic E-state index is -0.735. The van der Waals surface area contributed by atoms with Crippen LogP contribution in [0.4, 0.5) is 0 Å². The molecule has 1 rings (SSSR count). The Hall–Kier alpha value is -2.46. The first-order valence-electron chi connectivity index (χ1n) is 6.58. The van der Waals surface area contributed by atoms with Crippen molar-refractivity contribution in [1.82, 2.24) is 10.9 Å². The first kappa shape index (κ1) is 17.6. The molecule has 1 amide bonds. The quantitative estimate of drug-likeness (QED) is 0.261. The van der Waals surface area contributed by atoms with Gasteiger partial charge in [-0.1, -0.05) is 17.7 Å². The summed E-state index contributed by atoms with van der Waals surface area (Å²) in [5.41, 5.74) is 5.75. The molecule has 0 spiro atoms. The summed E-state index contributed by atoms with van der Waals surface area (Å²) in [4.78, 5) is 23.9. The predicted molar refractivity (Wildman–Crippen MR) is 83.5 cm³/mol. The van der Waals surface area contributed by atoms with E-state index in [1.807, 2.05) is 31.2 Å². The molecule has 1 aromatic carbocycles. The molecule has 0 bridgehead atoms. The second-order valence-electron chi connectivity index (χ2n) is 4.18. The Bertz CT molecular complexity index is 591. The third kappa shape index (κ3) is 6.33. The van der Waals surface area contributed by atoms with Crippen LogP contribution in [-0.2, 0) is 14.3 Å². The van der Waals surface area contributed by atoms with Crippen molar-refractivity contribution in [2.75, 3.05) is 12.4 Å². The van der Waals surface area contributed by atoms with E-state index in [0.29, 0.717) is 0 Å². The number of nitrogens with zero attached hydrogens (tertiary/aromatic N) is 1. The smallest absolute Gasteiger partial charge is 0.350 e. The summed E-state index contributed by atoms with van der Waals surface area (Å²) in [6, 6.07) is 9.51. The molecule has 6 nitrogen and oxygen atoms in total. The number of nitrogens with one attached hydrogen (secondary N) is 2. The van der Waals surface area contributed by atoms with Crippen molar-refractivity contribution in [3.05, 3.63) is 41.6 Å². The lowest BCUT2D eigenvalue weighted by Crippen LogP contribution is -2.35. The highest BCUT2D eigenvalue weighted by molar-refractivity contribution is 8.00. The number of hydrazine groups is 1. The van der Waals surface area contributed by atoms with Gasteiger partial charge in [0.1, 0.15) is 6.07 Å². The SMILES string of the molecule is CCOC(=O)/C(C#N)=C/NNC(=O)CSc1ccc(C)cc1. The summed E-state index contributed by atoms with van der Waals surface area (Å²) in [5, 5.41) is 8.79. The average molecular weight is 319 g/mol. The molecule has 0 fully saturated rings. The van der Waals surface area contributed by atoms with E-state index in [9.17, 15) is 9.59 Å². The number of hydrogen-bond donors (Lipinski definition) is 2. The predicted octanol–water partition coefficient (Wildman–Crippen LogP) is 1.68. The van der Waals surface area contributed by atoms with Crippen LogP contribution in [0.2, 0.25) is 0 Å². The van der Waals surface area contributed by atoms with Crippen LogP contribution in [0.1, 0.15) is 12.5 Å². The summed E-state index contributed by atoms with van der Waals surface area (Å²) in [6.45, 7) is 3.82. The van der Waals surface area contributed by atoms with Crippen LogP contribution in [0, 0.1) is 18.3 Å². The van der Waals surface area contributed by atoms with Crippen LogP contribution in [0.5, 0.6) is 0 Å². The van der Waals surface area contributed by atoms with E-state index in [1.165, 1.54) is 11.8 Å². The number of nitriles is 1. The van der Waals surface area contributed by atoms with Gasteiger partial charge in [-0.25, -0.2) is 4.79 Å². The van der Waals surface area contributed by atoms with Gasteiger partial charge in [-0.2, -0.15) is 5.26 Å². The molecule has 0 heterocycles. The summed E-state index contributed by atoms with van der Waals surface area (Å²) < 4.78 is 4.68. The number of thioether (sulfide) groups is 1. The standard InChI is InChI=1S/C15H17N3O3S/c1-3-21-15(20)12(8-16)9-17-18-14(19)10-22-13-6-4-11(2)5-7-13/h4-7,9,17H,3,10H2,1-2H3,(H,18,19)/b12-9+. The highest BCUT2D eigenvalue weighted by Gasteiger charge is 2.09. The Morgan fingerprint density at radius 2 is 2.05 bits per heavy atom. The molecular formula is C15H17N3O3S. The lowest BCUT2D eigenvalue weighted by molar-refractivity contribution is -0.138. The van der Waals surface area contributed by atoms with Gasteiger partial charge in [0.15, 0.2) is 5.57 Å². The van der Waals surface area contributed by atoms with E-state index in [4.69, 9.17) is 5.26 Å². The minimum absolute atomic E-state index is 0.178. The van der Waals surface area contributed by atoms with Crippen LogP contribution < -0.4 is 10.9 Å². The van der Waals surface area contributed by atoms with E-state index in [0.717, 1.165) is 16.7 Å². The van der Waals surface area contributed by atoms with Crippen LogP contribution >= 0.6 is 11.8 Å². The number of benzene rings is 1. The zero-order valence-corrected chi connectivity index (χ0v) is 13.2. The topological polar surface area (TPSA) is 91.2 Å². The van der Waals surface area contributed by atoms with E-state index in [1.54, 1.807) is 13.0 Å². The summed E-state index contributed by atoms with van der Waals surface area (Å²) in [6.07, 6.45) is 1.10. The Balaban J connectivity index is 2.38. The largest absolute Gasteiger partial charge is 0.462 e. The fraction of sp³-hybridized carbons (Fsp3) is 0.267. The lowest BCUT2D eigenvalue weighted by atomic mass is 10.2. The van der Waals surface area contributed by atoms with Crippen LogP contribution in [0.3, 0.4) is 0 Å².